The number of hydrogen-bond acceptors (Lipinski definition) is 3. The Morgan fingerprint density at radius 1 is 1.04 bits per heavy atom. The molecular formula is C23H30N2O2. The van der Waals surface area contributed by atoms with Crippen LogP contribution in [0.25, 0.3) is 0 Å². The molecule has 0 spiro atoms. The third kappa shape index (κ3) is 5.83. The van der Waals surface area contributed by atoms with Gasteiger partial charge < -0.3 is 10.4 Å². The average molecular weight is 367 g/mol. The number of carbonyl (C=O) groups is 1. The number of rotatable bonds is 7. The molecule has 2 aromatic rings. The zero-order valence-electron chi connectivity index (χ0n) is 16.2. The number of phenols is 1. The molecule has 1 aliphatic heterocycles. The lowest BCUT2D eigenvalue weighted by molar-refractivity contribution is -0.121. The van der Waals surface area contributed by atoms with Crippen molar-refractivity contribution in [3.8, 4) is 5.75 Å². The first kappa shape index (κ1) is 19.4. The first-order valence-electron chi connectivity index (χ1n) is 9.94. The highest BCUT2D eigenvalue weighted by atomic mass is 16.3. The normalized spacial score (nSPS) is 15.6. The van der Waals surface area contributed by atoms with Crippen molar-refractivity contribution in [3.05, 3.63) is 65.2 Å². The van der Waals surface area contributed by atoms with Crippen molar-refractivity contribution in [2.24, 2.45) is 5.92 Å². The Morgan fingerprint density at radius 2 is 1.67 bits per heavy atom. The number of likely N-dealkylation sites (tertiary alicyclic amines) is 1. The topological polar surface area (TPSA) is 52.6 Å². The highest BCUT2D eigenvalue weighted by Crippen LogP contribution is 2.20. The standard InChI is InChI=1S/C23H30N2O2/c1-18-12-14-25(15-13-18)17-21-8-3-2-7-20(21)16-24-23(27)11-10-19-6-4-5-9-22(19)26/h2-9,18,26H,10-17H2,1H3,(H,24,27). The molecule has 1 aliphatic rings. The van der Waals surface area contributed by atoms with Crippen LogP contribution < -0.4 is 5.32 Å². The molecule has 27 heavy (non-hydrogen) atoms. The van der Waals surface area contributed by atoms with Crippen molar-refractivity contribution in [1.82, 2.24) is 10.2 Å². The minimum absolute atomic E-state index is 0.0138. The van der Waals surface area contributed by atoms with Crippen LogP contribution in [0.3, 0.4) is 0 Å². The maximum atomic E-state index is 12.2. The Bertz CT molecular complexity index is 752. The lowest BCUT2D eigenvalue weighted by atomic mass is 9.98. The van der Waals surface area contributed by atoms with Crippen molar-refractivity contribution >= 4 is 5.91 Å². The number of amides is 1. The molecule has 1 saturated heterocycles. The number of phenolic OH excluding ortho intramolecular Hbond substituents is 1. The molecular weight excluding hydrogens is 336 g/mol. The summed E-state index contributed by atoms with van der Waals surface area (Å²) in [5, 5.41) is 12.8. The van der Waals surface area contributed by atoms with Gasteiger partial charge in [0, 0.05) is 19.5 Å². The van der Waals surface area contributed by atoms with Gasteiger partial charge in [0.2, 0.25) is 5.91 Å². The predicted octanol–water partition coefficient (Wildman–Crippen LogP) is 3.87. The first-order valence-corrected chi connectivity index (χ1v) is 9.94. The molecule has 3 rings (SSSR count). The Hall–Kier alpha value is -2.33. The van der Waals surface area contributed by atoms with Crippen molar-refractivity contribution < 1.29 is 9.90 Å². The zero-order chi connectivity index (χ0) is 19.1. The Morgan fingerprint density at radius 3 is 2.37 bits per heavy atom. The van der Waals surface area contributed by atoms with Crippen LogP contribution >= 0.6 is 0 Å². The van der Waals surface area contributed by atoms with Crippen molar-refractivity contribution in [3.63, 3.8) is 0 Å². The van der Waals surface area contributed by atoms with Crippen LogP contribution in [0.4, 0.5) is 0 Å². The smallest absolute Gasteiger partial charge is 0.220 e. The summed E-state index contributed by atoms with van der Waals surface area (Å²) in [6.45, 7) is 6.15. The van der Waals surface area contributed by atoms with E-state index in [1.54, 1.807) is 12.1 Å². The zero-order valence-corrected chi connectivity index (χ0v) is 16.2. The van der Waals surface area contributed by atoms with Crippen molar-refractivity contribution in [1.29, 1.82) is 0 Å². The van der Waals surface area contributed by atoms with Gasteiger partial charge in [-0.15, -0.1) is 0 Å². The van der Waals surface area contributed by atoms with Crippen LogP contribution in [0, 0.1) is 5.92 Å². The second kappa shape index (κ2) is 9.56. The van der Waals surface area contributed by atoms with E-state index < -0.39 is 0 Å². The maximum Gasteiger partial charge on any atom is 0.220 e. The molecule has 1 fully saturated rings. The number of benzene rings is 2. The summed E-state index contributed by atoms with van der Waals surface area (Å²) in [7, 11) is 0. The molecule has 0 saturated carbocycles. The summed E-state index contributed by atoms with van der Waals surface area (Å²) < 4.78 is 0. The number of piperidine rings is 1. The summed E-state index contributed by atoms with van der Waals surface area (Å²) in [4.78, 5) is 14.7. The fraction of sp³-hybridized carbons (Fsp3) is 0.435. The number of nitrogens with zero attached hydrogens (tertiary/aromatic N) is 1. The molecule has 0 radical (unpaired) electrons. The average Bonchev–Trinajstić information content (AvgIpc) is 2.68. The fourth-order valence-electron chi connectivity index (χ4n) is 3.60. The second-order valence-electron chi connectivity index (χ2n) is 7.63. The van der Waals surface area contributed by atoms with Gasteiger partial charge in [0.1, 0.15) is 5.75 Å². The van der Waals surface area contributed by atoms with Crippen LogP contribution in [0.1, 0.15) is 42.9 Å². The van der Waals surface area contributed by atoms with Crippen LogP contribution in [0.2, 0.25) is 0 Å². The van der Waals surface area contributed by atoms with E-state index in [0.717, 1.165) is 31.1 Å². The summed E-state index contributed by atoms with van der Waals surface area (Å²) >= 11 is 0. The van der Waals surface area contributed by atoms with Gasteiger partial charge in [-0.05, 0) is 61.0 Å². The van der Waals surface area contributed by atoms with E-state index in [0.29, 0.717) is 19.4 Å². The molecule has 0 aromatic heterocycles. The van der Waals surface area contributed by atoms with Gasteiger partial charge in [-0.1, -0.05) is 49.4 Å². The van der Waals surface area contributed by atoms with E-state index in [2.05, 4.69) is 35.3 Å². The molecule has 1 amide bonds. The minimum atomic E-state index is 0.0138. The molecule has 144 valence electrons. The van der Waals surface area contributed by atoms with E-state index in [1.165, 1.54) is 24.0 Å². The summed E-state index contributed by atoms with van der Waals surface area (Å²) in [5.74, 6) is 1.10. The Labute approximate surface area is 162 Å². The number of hydrogen-bond donors (Lipinski definition) is 2. The van der Waals surface area contributed by atoms with E-state index >= 15 is 0 Å². The van der Waals surface area contributed by atoms with E-state index in [1.807, 2.05) is 18.2 Å². The van der Waals surface area contributed by atoms with Crippen LogP contribution in [0.15, 0.2) is 48.5 Å². The molecule has 0 bridgehead atoms. The van der Waals surface area contributed by atoms with E-state index in [9.17, 15) is 9.90 Å². The van der Waals surface area contributed by atoms with Crippen molar-refractivity contribution in [2.75, 3.05) is 13.1 Å². The third-order valence-corrected chi connectivity index (χ3v) is 5.48. The lowest BCUT2D eigenvalue weighted by Crippen LogP contribution is -2.33. The molecule has 1 heterocycles. The van der Waals surface area contributed by atoms with Gasteiger partial charge in [0.15, 0.2) is 0 Å². The highest BCUT2D eigenvalue weighted by Gasteiger charge is 2.16. The highest BCUT2D eigenvalue weighted by molar-refractivity contribution is 5.76. The van der Waals surface area contributed by atoms with Crippen LogP contribution in [0.5, 0.6) is 5.75 Å². The van der Waals surface area contributed by atoms with Crippen LogP contribution in [-0.2, 0) is 24.3 Å². The predicted molar refractivity (Wildman–Crippen MR) is 108 cm³/mol. The largest absolute Gasteiger partial charge is 0.508 e. The molecule has 4 nitrogen and oxygen atoms in total. The number of nitrogens with one attached hydrogen (secondary N) is 1. The molecule has 0 unspecified atom stereocenters. The van der Waals surface area contributed by atoms with Gasteiger partial charge in [-0.3, -0.25) is 9.69 Å². The third-order valence-electron chi connectivity index (χ3n) is 5.48. The first-order chi connectivity index (χ1) is 13.1. The van der Waals surface area contributed by atoms with Gasteiger partial charge in [-0.25, -0.2) is 0 Å². The number of aryl methyl sites for hydroxylation is 1. The number of aromatic hydroxyl groups is 1. The van der Waals surface area contributed by atoms with E-state index in [4.69, 9.17) is 0 Å². The van der Waals surface area contributed by atoms with Gasteiger partial charge >= 0.3 is 0 Å². The summed E-state index contributed by atoms with van der Waals surface area (Å²) in [6, 6.07) is 15.6. The van der Waals surface area contributed by atoms with Gasteiger partial charge in [0.25, 0.3) is 0 Å². The van der Waals surface area contributed by atoms with Crippen LogP contribution in [-0.4, -0.2) is 29.0 Å². The monoisotopic (exact) mass is 366 g/mol. The van der Waals surface area contributed by atoms with Crippen molar-refractivity contribution in [2.45, 2.75) is 45.7 Å². The number of para-hydroxylation sites is 1. The maximum absolute atomic E-state index is 12.2. The quantitative estimate of drug-likeness (QED) is 0.782. The SMILES string of the molecule is CC1CCN(Cc2ccccc2CNC(=O)CCc2ccccc2O)CC1. The summed E-state index contributed by atoms with van der Waals surface area (Å²) in [5.41, 5.74) is 3.30. The van der Waals surface area contributed by atoms with Gasteiger partial charge in [-0.2, -0.15) is 0 Å². The molecule has 0 aliphatic carbocycles. The van der Waals surface area contributed by atoms with E-state index in [-0.39, 0.29) is 11.7 Å². The Kier molecular flexibility index (Phi) is 6.88. The molecule has 2 N–H and O–H groups in total. The second-order valence-corrected chi connectivity index (χ2v) is 7.63. The molecule has 4 heteroatoms. The minimum Gasteiger partial charge on any atom is -0.508 e. The summed E-state index contributed by atoms with van der Waals surface area (Å²) in [6.07, 6.45) is 3.46. The fourth-order valence-corrected chi connectivity index (χ4v) is 3.60. The molecule has 2 aromatic carbocycles. The van der Waals surface area contributed by atoms with Gasteiger partial charge in [0.05, 0.1) is 0 Å². The lowest BCUT2D eigenvalue weighted by Gasteiger charge is -2.30. The number of carbonyl (C=O) groups excluding carboxylic acids is 1. The Balaban J connectivity index is 1.50. The molecule has 0 atom stereocenters.